The molecule has 2 rings (SSSR count). The molecule has 0 bridgehead atoms. The van der Waals surface area contributed by atoms with Crippen LogP contribution in [0.4, 0.5) is 0 Å². The van der Waals surface area contributed by atoms with Crippen molar-refractivity contribution < 1.29 is 38.4 Å². The minimum absolute atomic E-state index is 0. The van der Waals surface area contributed by atoms with Gasteiger partial charge in [-0.1, -0.05) is 87.5 Å². The molecule has 2 amide bonds. The molecule has 0 aromatic heterocycles. The van der Waals surface area contributed by atoms with Crippen LogP contribution in [-0.4, -0.2) is 45.3 Å². The summed E-state index contributed by atoms with van der Waals surface area (Å²) >= 11 is 3.43. The first kappa shape index (κ1) is 36.4. The van der Waals surface area contributed by atoms with Gasteiger partial charge in [-0.25, -0.2) is 6.29 Å². The number of benzene rings is 1. The summed E-state index contributed by atoms with van der Waals surface area (Å²) in [7, 11) is 0. The van der Waals surface area contributed by atoms with Crippen LogP contribution in [-0.2, 0) is 20.9 Å². The number of carbonyl (C=O) groups excluding carboxylic acids is 3. The van der Waals surface area contributed by atoms with E-state index in [4.69, 9.17) is 5.11 Å². The Morgan fingerprint density at radius 3 is 2.42 bits per heavy atom. The van der Waals surface area contributed by atoms with Crippen molar-refractivity contribution in [2.24, 2.45) is 0 Å². The van der Waals surface area contributed by atoms with Crippen molar-refractivity contribution in [3.8, 4) is 0 Å². The summed E-state index contributed by atoms with van der Waals surface area (Å²) in [5.41, 5.74) is 3.70. The quantitative estimate of drug-likeness (QED) is 0.288. The smallest absolute Gasteiger partial charge is 0.540 e. The predicted molar refractivity (Wildman–Crippen MR) is 157 cm³/mol. The average Bonchev–Trinajstić information content (AvgIpc) is 3.03. The van der Waals surface area contributed by atoms with Gasteiger partial charge in [0, 0.05) is 23.1 Å². The number of carbonyl (C=O) groups is 2. The van der Waals surface area contributed by atoms with Gasteiger partial charge in [-0.3, -0.25) is 4.79 Å². The first-order chi connectivity index (χ1) is 17.4. The fourth-order valence-electron chi connectivity index (χ4n) is 3.51. The number of hydrogen-bond donors (Lipinski definition) is 3. The Morgan fingerprint density at radius 2 is 1.89 bits per heavy atom. The number of allylic oxidation sites excluding steroid dienone is 2. The summed E-state index contributed by atoms with van der Waals surface area (Å²) in [4.78, 5) is 34.5. The molecule has 0 aliphatic carbocycles. The van der Waals surface area contributed by atoms with Crippen molar-refractivity contribution in [1.29, 1.82) is 0 Å². The van der Waals surface area contributed by atoms with Gasteiger partial charge >= 0.3 is 18.9 Å². The average molecular weight is 553 g/mol. The SMILES string of the molecule is CC(=O)N[C@H]([C-]=O)C(C)(C)SC(C)C.[CH2-][C@H](O)C[CH-]C(=O)NCc1ccc(C2=C(C)CCC=CS2)cc1.[Li+]. The fourth-order valence-corrected chi connectivity index (χ4v) is 5.92. The summed E-state index contributed by atoms with van der Waals surface area (Å²) in [6.45, 7) is 15.5. The van der Waals surface area contributed by atoms with Gasteiger partial charge in [0.25, 0.3) is 0 Å². The molecule has 1 aromatic carbocycles. The standard InChI is InChI=1S/C19H23NO2S.C10H18NO2S.Li/c1-14-5-3-4-12-23-19(14)17-9-7-16(8-10-17)13-20-18(22)11-6-15(2)21;1-7(2)14-10(4,5)9(6-12)11-8(3)13;/h4,7-12,15,21H,2-3,5-6,13H2,1H3,(H,20,22);7,9H,1-5H3,(H,11,13);/q-2;-1;+1/t15-;9-;/m01./s1. The molecule has 38 heavy (non-hydrogen) atoms. The van der Waals surface area contributed by atoms with Crippen LogP contribution in [0.25, 0.3) is 4.91 Å². The first-order valence-corrected chi connectivity index (χ1v) is 14.2. The maximum absolute atomic E-state index is 11.6. The molecule has 2 atom stereocenters. The van der Waals surface area contributed by atoms with Crippen LogP contribution in [0.3, 0.4) is 0 Å². The van der Waals surface area contributed by atoms with E-state index < -0.39 is 12.1 Å². The molecule has 3 N–H and O–H groups in total. The molecule has 0 saturated carbocycles. The van der Waals surface area contributed by atoms with Gasteiger partial charge in [-0.15, -0.1) is 0 Å². The summed E-state index contributed by atoms with van der Waals surface area (Å²) < 4.78 is -0.318. The van der Waals surface area contributed by atoms with Crippen LogP contribution in [0.5, 0.6) is 0 Å². The van der Waals surface area contributed by atoms with Crippen LogP contribution in [0.15, 0.2) is 41.3 Å². The van der Waals surface area contributed by atoms with E-state index in [1.165, 1.54) is 29.4 Å². The number of amides is 2. The van der Waals surface area contributed by atoms with Gasteiger partial charge < -0.3 is 38.7 Å². The molecule has 1 aromatic rings. The molecule has 0 saturated heterocycles. The van der Waals surface area contributed by atoms with E-state index in [-0.39, 0.29) is 41.8 Å². The predicted octanol–water partition coefficient (Wildman–Crippen LogP) is 2.39. The Bertz CT molecular complexity index is 944. The van der Waals surface area contributed by atoms with E-state index in [9.17, 15) is 14.4 Å². The number of nitrogens with one attached hydrogen (secondary N) is 2. The van der Waals surface area contributed by atoms with E-state index in [0.29, 0.717) is 11.8 Å². The fraction of sp³-hybridized carbons (Fsp3) is 0.483. The third-order valence-electron chi connectivity index (χ3n) is 5.31. The number of thioether (sulfide) groups is 2. The minimum Gasteiger partial charge on any atom is -0.540 e. The summed E-state index contributed by atoms with van der Waals surface area (Å²) in [5, 5.41) is 17.0. The number of aliphatic hydroxyl groups excluding tert-OH is 1. The van der Waals surface area contributed by atoms with Crippen LogP contribution in [0, 0.1) is 13.3 Å². The maximum Gasteiger partial charge on any atom is 1.00 e. The monoisotopic (exact) mass is 552 g/mol. The third-order valence-corrected chi connectivity index (χ3v) is 7.78. The van der Waals surface area contributed by atoms with Gasteiger partial charge in [-0.05, 0) is 41.6 Å². The maximum atomic E-state index is 11.6. The van der Waals surface area contributed by atoms with Gasteiger partial charge in [0.1, 0.15) is 0 Å². The second-order valence-corrected chi connectivity index (χ2v) is 12.8. The van der Waals surface area contributed by atoms with Gasteiger partial charge in [0.05, 0.1) is 5.91 Å². The summed E-state index contributed by atoms with van der Waals surface area (Å²) in [6, 6.07) is 7.75. The molecule has 206 valence electrons. The Labute approximate surface area is 249 Å². The Hall–Kier alpha value is -1.56. The van der Waals surface area contributed by atoms with Crippen LogP contribution in [0.2, 0.25) is 0 Å². The zero-order valence-corrected chi connectivity index (χ0v) is 25.4. The normalized spacial score (nSPS) is 14.8. The molecular weight excluding hydrogens is 511 g/mol. The molecule has 1 aliphatic heterocycles. The zero-order chi connectivity index (χ0) is 28.0. The van der Waals surface area contributed by atoms with Crippen LogP contribution in [0.1, 0.15) is 71.9 Å². The van der Waals surface area contributed by atoms with Crippen molar-refractivity contribution in [3.05, 3.63) is 65.8 Å². The van der Waals surface area contributed by atoms with Crippen molar-refractivity contribution in [2.75, 3.05) is 0 Å². The molecular formula is C29H41LiN2O4S2-2. The molecule has 0 spiro atoms. The Balaban J connectivity index is 0.000000792. The molecule has 0 radical (unpaired) electrons. The van der Waals surface area contributed by atoms with Crippen molar-refractivity contribution in [1.82, 2.24) is 10.6 Å². The molecule has 1 aliphatic rings. The molecule has 6 nitrogen and oxygen atoms in total. The summed E-state index contributed by atoms with van der Waals surface area (Å²) in [5.74, 6) is -0.379. The van der Waals surface area contributed by atoms with Crippen molar-refractivity contribution >= 4 is 46.5 Å². The number of aliphatic hydroxyl groups is 1. The molecule has 0 fully saturated rings. The third kappa shape index (κ3) is 14.6. The number of hydrogen-bond acceptors (Lipinski definition) is 6. The van der Waals surface area contributed by atoms with Gasteiger partial charge in [-0.2, -0.15) is 18.2 Å². The van der Waals surface area contributed by atoms with E-state index in [1.807, 2.05) is 32.3 Å². The zero-order valence-electron chi connectivity index (χ0n) is 23.8. The minimum atomic E-state index is -0.734. The van der Waals surface area contributed by atoms with E-state index >= 15 is 0 Å². The van der Waals surface area contributed by atoms with Gasteiger partial charge in [0.15, 0.2) is 0 Å². The van der Waals surface area contributed by atoms with Crippen molar-refractivity contribution in [2.45, 2.75) is 89.5 Å². The van der Waals surface area contributed by atoms with E-state index in [2.05, 4.69) is 61.9 Å². The molecule has 9 heteroatoms. The summed E-state index contributed by atoms with van der Waals surface area (Å²) in [6.07, 6.45) is 7.25. The Kier molecular flexibility index (Phi) is 17.9. The van der Waals surface area contributed by atoms with Crippen molar-refractivity contribution in [3.63, 3.8) is 0 Å². The Morgan fingerprint density at radius 1 is 1.26 bits per heavy atom. The van der Waals surface area contributed by atoms with Gasteiger partial charge in [0.2, 0.25) is 5.91 Å². The second-order valence-electron chi connectivity index (χ2n) is 9.67. The topological polar surface area (TPSA) is 95.5 Å². The molecule has 0 unspecified atom stereocenters. The molecule has 1 heterocycles. The van der Waals surface area contributed by atoms with Crippen LogP contribution < -0.4 is 29.5 Å². The van der Waals surface area contributed by atoms with E-state index in [1.54, 1.807) is 23.5 Å². The first-order valence-electron chi connectivity index (χ1n) is 12.4. The van der Waals surface area contributed by atoms with Crippen LogP contribution >= 0.6 is 23.5 Å². The largest absolute Gasteiger partial charge is 1.00 e. The number of rotatable bonds is 11. The second kappa shape index (κ2) is 18.7. The van der Waals surface area contributed by atoms with E-state index in [0.717, 1.165) is 18.4 Å².